The lowest BCUT2D eigenvalue weighted by atomic mass is 9.91. The maximum atomic E-state index is 13.2. The number of rotatable bonds is 5. The number of piperidine rings is 2. The largest absolute Gasteiger partial charge is 0.353 e. The summed E-state index contributed by atoms with van der Waals surface area (Å²) in [5.74, 6) is 0.465. The highest BCUT2D eigenvalue weighted by Gasteiger charge is 2.37. The minimum absolute atomic E-state index is 0.0649. The topological polar surface area (TPSA) is 105 Å². The van der Waals surface area contributed by atoms with Gasteiger partial charge < -0.3 is 14.8 Å². The number of sulfonamides is 1. The molecule has 0 aromatic carbocycles. The lowest BCUT2D eigenvalue weighted by molar-refractivity contribution is -0.140. The fraction of sp³-hybridized carbons (Fsp3) is 0.783. The Morgan fingerprint density at radius 3 is 2.30 bits per heavy atom. The van der Waals surface area contributed by atoms with E-state index in [0.29, 0.717) is 44.8 Å². The highest BCUT2D eigenvalue weighted by molar-refractivity contribution is 7.89. The zero-order valence-corrected chi connectivity index (χ0v) is 20.6. The zero-order valence-electron chi connectivity index (χ0n) is 19.8. The van der Waals surface area contributed by atoms with Gasteiger partial charge in [0.1, 0.15) is 5.82 Å². The number of carbonyl (C=O) groups is 2. The van der Waals surface area contributed by atoms with Crippen LogP contribution in [-0.2, 0) is 26.7 Å². The fourth-order valence-corrected chi connectivity index (χ4v) is 6.84. The van der Waals surface area contributed by atoms with Gasteiger partial charge in [0.15, 0.2) is 5.03 Å². The lowest BCUT2D eigenvalue weighted by Gasteiger charge is -2.37. The molecule has 1 N–H and O–H groups in total. The second-order valence-corrected chi connectivity index (χ2v) is 11.8. The number of amides is 2. The van der Waals surface area contributed by atoms with E-state index in [4.69, 9.17) is 0 Å². The Labute approximate surface area is 197 Å². The molecule has 9 nitrogen and oxygen atoms in total. The van der Waals surface area contributed by atoms with Crippen LogP contribution in [0.15, 0.2) is 11.2 Å². The minimum atomic E-state index is -3.65. The van der Waals surface area contributed by atoms with Crippen molar-refractivity contribution in [3.63, 3.8) is 0 Å². The highest BCUT2D eigenvalue weighted by atomic mass is 32.2. The van der Waals surface area contributed by atoms with Crippen LogP contribution in [0.4, 0.5) is 0 Å². The van der Waals surface area contributed by atoms with E-state index in [2.05, 4.69) is 10.3 Å². The van der Waals surface area contributed by atoms with Gasteiger partial charge in [0.25, 0.3) is 10.0 Å². The molecule has 1 aromatic heterocycles. The Bertz CT molecular complexity index is 942. The van der Waals surface area contributed by atoms with Crippen LogP contribution in [0.1, 0.15) is 63.6 Å². The lowest BCUT2D eigenvalue weighted by Crippen LogP contribution is -2.50. The molecule has 0 radical (unpaired) electrons. The summed E-state index contributed by atoms with van der Waals surface area (Å²) < 4.78 is 29.0. The molecule has 10 heteroatoms. The average Bonchev–Trinajstić information content (AvgIpc) is 3.18. The quantitative estimate of drug-likeness (QED) is 0.694. The third kappa shape index (κ3) is 5.42. The third-order valence-electron chi connectivity index (χ3n) is 7.55. The summed E-state index contributed by atoms with van der Waals surface area (Å²) in [5, 5.41) is 3.28. The van der Waals surface area contributed by atoms with Crippen LogP contribution in [0.3, 0.4) is 0 Å². The van der Waals surface area contributed by atoms with Crippen molar-refractivity contribution in [3.8, 4) is 0 Å². The molecular weight excluding hydrogens is 442 g/mol. The number of likely N-dealkylation sites (tertiary alicyclic amines) is 1. The zero-order chi connectivity index (χ0) is 23.6. The van der Waals surface area contributed by atoms with Gasteiger partial charge in [-0.3, -0.25) is 9.59 Å². The van der Waals surface area contributed by atoms with Gasteiger partial charge in [-0.05, 0) is 45.4 Å². The van der Waals surface area contributed by atoms with Crippen LogP contribution in [0.2, 0.25) is 0 Å². The van der Waals surface area contributed by atoms with Gasteiger partial charge in [-0.15, -0.1) is 0 Å². The van der Waals surface area contributed by atoms with Crippen molar-refractivity contribution in [2.75, 3.05) is 26.2 Å². The van der Waals surface area contributed by atoms with Crippen LogP contribution in [-0.4, -0.2) is 71.2 Å². The Hall–Kier alpha value is -1.94. The van der Waals surface area contributed by atoms with Gasteiger partial charge in [0, 0.05) is 51.4 Å². The van der Waals surface area contributed by atoms with E-state index in [1.807, 2.05) is 4.90 Å². The van der Waals surface area contributed by atoms with Gasteiger partial charge in [0.05, 0.1) is 5.92 Å². The van der Waals surface area contributed by atoms with Gasteiger partial charge in [-0.2, -0.15) is 4.31 Å². The Balaban J connectivity index is 1.30. The fourth-order valence-electron chi connectivity index (χ4n) is 5.34. The Morgan fingerprint density at radius 1 is 0.970 bits per heavy atom. The summed E-state index contributed by atoms with van der Waals surface area (Å²) in [7, 11) is -1.88. The normalized spacial score (nSPS) is 24.1. The van der Waals surface area contributed by atoms with E-state index < -0.39 is 10.0 Å². The van der Waals surface area contributed by atoms with Gasteiger partial charge >= 0.3 is 0 Å². The maximum absolute atomic E-state index is 13.2. The molecule has 2 amide bonds. The number of nitrogens with zero attached hydrogens (tertiary/aromatic N) is 4. The summed E-state index contributed by atoms with van der Waals surface area (Å²) in [4.78, 5) is 32.0. The molecule has 1 aliphatic carbocycles. The van der Waals surface area contributed by atoms with Crippen molar-refractivity contribution in [2.24, 2.45) is 18.9 Å². The molecule has 184 valence electrons. The predicted octanol–water partition coefficient (Wildman–Crippen LogP) is 1.82. The molecule has 0 bridgehead atoms. The summed E-state index contributed by atoms with van der Waals surface area (Å²) in [6, 6.07) is 0.284. The molecule has 3 aliphatic rings. The van der Waals surface area contributed by atoms with E-state index in [1.54, 1.807) is 18.5 Å². The molecule has 3 heterocycles. The van der Waals surface area contributed by atoms with Crippen LogP contribution < -0.4 is 5.32 Å². The number of aromatic nitrogens is 2. The van der Waals surface area contributed by atoms with E-state index >= 15 is 0 Å². The summed E-state index contributed by atoms with van der Waals surface area (Å²) in [5.41, 5.74) is 0. The molecule has 2 saturated heterocycles. The molecule has 1 saturated carbocycles. The molecule has 4 rings (SSSR count). The van der Waals surface area contributed by atoms with Crippen LogP contribution in [0.25, 0.3) is 0 Å². The van der Waals surface area contributed by atoms with Crippen LogP contribution in [0.5, 0.6) is 0 Å². The minimum Gasteiger partial charge on any atom is -0.353 e. The summed E-state index contributed by atoms with van der Waals surface area (Å²) >= 11 is 0. The van der Waals surface area contributed by atoms with Crippen molar-refractivity contribution in [1.29, 1.82) is 0 Å². The highest BCUT2D eigenvalue weighted by Crippen LogP contribution is 2.27. The maximum Gasteiger partial charge on any atom is 0.262 e. The standard InChI is InChI=1S/C23H37N5O4S/c1-17-24-21(16-26(17)2)33(31,32)28-13-10-18(11-14-28)23(30)27-12-6-7-19(15-27)22(29)25-20-8-4-3-5-9-20/h16,18-20H,3-15H2,1-2H3,(H,25,29). The molecule has 1 atom stereocenters. The Kier molecular flexibility index (Phi) is 7.43. The first kappa shape index (κ1) is 24.2. The molecule has 1 aromatic rings. The van der Waals surface area contributed by atoms with E-state index in [9.17, 15) is 18.0 Å². The molecule has 2 aliphatic heterocycles. The van der Waals surface area contributed by atoms with Crippen molar-refractivity contribution >= 4 is 21.8 Å². The summed E-state index contributed by atoms with van der Waals surface area (Å²) in [6.45, 7) is 3.55. The number of imidazole rings is 1. The number of carbonyl (C=O) groups excluding carboxylic acids is 2. The van der Waals surface area contributed by atoms with E-state index in [0.717, 1.165) is 25.7 Å². The molecule has 1 unspecified atom stereocenters. The second kappa shape index (κ2) is 10.1. The van der Waals surface area contributed by atoms with Gasteiger partial charge in [-0.25, -0.2) is 13.4 Å². The molecular formula is C23H37N5O4S. The monoisotopic (exact) mass is 479 g/mol. The second-order valence-electron chi connectivity index (χ2n) is 9.88. The van der Waals surface area contributed by atoms with E-state index in [1.165, 1.54) is 29.8 Å². The van der Waals surface area contributed by atoms with Crippen LogP contribution >= 0.6 is 0 Å². The first-order chi connectivity index (χ1) is 15.8. The number of aryl methyl sites for hydroxylation is 2. The number of nitrogens with one attached hydrogen (secondary N) is 1. The van der Waals surface area contributed by atoms with Gasteiger partial charge in [0.2, 0.25) is 11.8 Å². The number of hydrogen-bond donors (Lipinski definition) is 1. The average molecular weight is 480 g/mol. The van der Waals surface area contributed by atoms with Crippen molar-refractivity contribution in [3.05, 3.63) is 12.0 Å². The van der Waals surface area contributed by atoms with Crippen molar-refractivity contribution in [2.45, 2.75) is 75.8 Å². The number of hydrogen-bond acceptors (Lipinski definition) is 5. The third-order valence-corrected chi connectivity index (χ3v) is 9.32. The van der Waals surface area contributed by atoms with Gasteiger partial charge in [-0.1, -0.05) is 19.3 Å². The smallest absolute Gasteiger partial charge is 0.262 e. The van der Waals surface area contributed by atoms with Crippen molar-refractivity contribution in [1.82, 2.24) is 24.1 Å². The van der Waals surface area contributed by atoms with Crippen LogP contribution in [0, 0.1) is 18.8 Å². The van der Waals surface area contributed by atoms with E-state index in [-0.39, 0.29) is 34.7 Å². The SMILES string of the molecule is Cc1nc(S(=O)(=O)N2CCC(C(=O)N3CCCC(C(=O)NC4CCCCC4)C3)CC2)cn1C. The first-order valence-corrected chi connectivity index (χ1v) is 13.8. The first-order valence-electron chi connectivity index (χ1n) is 12.3. The predicted molar refractivity (Wildman–Crippen MR) is 124 cm³/mol. The molecule has 0 spiro atoms. The molecule has 33 heavy (non-hydrogen) atoms. The summed E-state index contributed by atoms with van der Waals surface area (Å²) in [6.07, 6.45) is 9.90. The Morgan fingerprint density at radius 2 is 1.67 bits per heavy atom. The molecule has 3 fully saturated rings. The van der Waals surface area contributed by atoms with Crippen molar-refractivity contribution < 1.29 is 18.0 Å².